The molecule has 18 heavy (non-hydrogen) atoms. The van der Waals surface area contributed by atoms with Gasteiger partial charge in [0.25, 0.3) is 0 Å². The molecule has 0 aromatic carbocycles. The molecule has 0 saturated heterocycles. The molecule has 0 spiro atoms. The van der Waals surface area contributed by atoms with Crippen LogP contribution in [-0.2, 0) is 17.8 Å². The van der Waals surface area contributed by atoms with Crippen LogP contribution in [-0.4, -0.2) is 28.8 Å². The number of nitrogens with zero attached hydrogens (tertiary/aromatic N) is 2. The van der Waals surface area contributed by atoms with Crippen molar-refractivity contribution in [1.29, 1.82) is 0 Å². The molecule has 0 bridgehead atoms. The van der Waals surface area contributed by atoms with Gasteiger partial charge in [0.05, 0.1) is 12.3 Å². The molecule has 0 amide bonds. The van der Waals surface area contributed by atoms with Crippen molar-refractivity contribution in [3.8, 4) is 0 Å². The highest BCUT2D eigenvalue weighted by molar-refractivity contribution is 5.04. The number of aryl methyl sites for hydroxylation is 1. The predicted octanol–water partition coefficient (Wildman–Crippen LogP) is 2.36. The van der Waals surface area contributed by atoms with E-state index in [0.29, 0.717) is 12.0 Å². The third-order valence-electron chi connectivity index (χ3n) is 2.74. The van der Waals surface area contributed by atoms with Crippen molar-refractivity contribution < 1.29 is 4.74 Å². The monoisotopic (exact) mass is 253 g/mol. The minimum atomic E-state index is 0.492. The van der Waals surface area contributed by atoms with E-state index in [1.54, 1.807) is 0 Å². The Hall–Kier alpha value is -0.870. The predicted molar refractivity (Wildman–Crippen MR) is 74.6 cm³/mol. The summed E-state index contributed by atoms with van der Waals surface area (Å²) in [5.74, 6) is 1.65. The molecule has 0 radical (unpaired) electrons. The third kappa shape index (κ3) is 5.19. The minimum Gasteiger partial charge on any atom is -0.379 e. The number of nitrogens with one attached hydrogen (secondary N) is 1. The Labute approximate surface area is 111 Å². The number of imidazole rings is 1. The van der Waals surface area contributed by atoms with Crippen LogP contribution < -0.4 is 5.32 Å². The second-order valence-corrected chi connectivity index (χ2v) is 5.45. The fraction of sp³-hybridized carbons (Fsp3) is 0.786. The quantitative estimate of drug-likeness (QED) is 0.723. The van der Waals surface area contributed by atoms with Gasteiger partial charge in [-0.1, -0.05) is 27.7 Å². The molecule has 4 heteroatoms. The molecule has 0 saturated carbocycles. The molecule has 0 atom stereocenters. The summed E-state index contributed by atoms with van der Waals surface area (Å²) < 4.78 is 7.87. The van der Waals surface area contributed by atoms with Crippen LogP contribution in [0.1, 0.15) is 39.2 Å². The molecule has 1 rings (SSSR count). The van der Waals surface area contributed by atoms with E-state index in [2.05, 4.69) is 42.6 Å². The summed E-state index contributed by atoms with van der Waals surface area (Å²) >= 11 is 0. The Balaban J connectivity index is 2.45. The van der Waals surface area contributed by atoms with Crippen LogP contribution in [0.15, 0.2) is 6.20 Å². The number of rotatable bonds is 8. The molecule has 104 valence electrons. The first kappa shape index (κ1) is 15.2. The molecule has 0 aliphatic carbocycles. The van der Waals surface area contributed by atoms with Gasteiger partial charge in [-0.15, -0.1) is 0 Å². The lowest BCUT2D eigenvalue weighted by atomic mass is 10.2. The van der Waals surface area contributed by atoms with Crippen LogP contribution >= 0.6 is 0 Å². The summed E-state index contributed by atoms with van der Waals surface area (Å²) in [4.78, 5) is 4.38. The van der Waals surface area contributed by atoms with Gasteiger partial charge in [-0.3, -0.25) is 0 Å². The molecule has 1 heterocycles. The van der Waals surface area contributed by atoms with Crippen molar-refractivity contribution in [1.82, 2.24) is 14.9 Å². The fourth-order valence-electron chi connectivity index (χ4n) is 1.75. The summed E-state index contributed by atoms with van der Waals surface area (Å²) in [6.45, 7) is 14.0. The average molecular weight is 253 g/mol. The Kier molecular flexibility index (Phi) is 6.36. The highest BCUT2D eigenvalue weighted by Crippen LogP contribution is 2.05. The molecular weight excluding hydrogens is 226 g/mol. The Bertz CT molecular complexity index is 345. The number of aromatic nitrogens is 2. The van der Waals surface area contributed by atoms with Crippen LogP contribution in [0.5, 0.6) is 0 Å². The van der Waals surface area contributed by atoms with E-state index in [1.165, 1.54) is 5.69 Å². The maximum Gasteiger partial charge on any atom is 0.105 e. The average Bonchev–Trinajstić information content (AvgIpc) is 2.63. The van der Waals surface area contributed by atoms with Crippen LogP contribution in [0.4, 0.5) is 0 Å². The molecule has 0 unspecified atom stereocenters. The van der Waals surface area contributed by atoms with Gasteiger partial charge in [0.2, 0.25) is 0 Å². The van der Waals surface area contributed by atoms with E-state index < -0.39 is 0 Å². The second kappa shape index (κ2) is 7.54. The summed E-state index contributed by atoms with van der Waals surface area (Å²) in [6.07, 6.45) is 1.95. The van der Waals surface area contributed by atoms with E-state index in [4.69, 9.17) is 4.74 Å². The van der Waals surface area contributed by atoms with Crippen LogP contribution in [0.2, 0.25) is 0 Å². The maximum atomic E-state index is 5.63. The van der Waals surface area contributed by atoms with E-state index in [1.807, 2.05) is 13.1 Å². The molecule has 1 aromatic heterocycles. The van der Waals surface area contributed by atoms with Crippen molar-refractivity contribution in [3.05, 3.63) is 17.7 Å². The first-order valence-corrected chi connectivity index (χ1v) is 6.82. The Morgan fingerprint density at radius 1 is 1.33 bits per heavy atom. The number of hydrogen-bond donors (Lipinski definition) is 1. The van der Waals surface area contributed by atoms with Crippen molar-refractivity contribution in [3.63, 3.8) is 0 Å². The largest absolute Gasteiger partial charge is 0.379 e. The van der Waals surface area contributed by atoms with Crippen molar-refractivity contribution in [2.45, 2.75) is 53.8 Å². The molecule has 4 nitrogen and oxygen atoms in total. The fourth-order valence-corrected chi connectivity index (χ4v) is 1.75. The lowest BCUT2D eigenvalue weighted by Crippen LogP contribution is -2.24. The first-order valence-electron chi connectivity index (χ1n) is 6.82. The van der Waals surface area contributed by atoms with E-state index >= 15 is 0 Å². The summed E-state index contributed by atoms with van der Waals surface area (Å²) in [5.41, 5.74) is 1.23. The zero-order valence-corrected chi connectivity index (χ0v) is 12.4. The zero-order valence-electron chi connectivity index (χ0n) is 12.4. The van der Waals surface area contributed by atoms with Crippen LogP contribution in [0.25, 0.3) is 0 Å². The topological polar surface area (TPSA) is 39.1 Å². The lowest BCUT2D eigenvalue weighted by Gasteiger charge is -2.13. The van der Waals surface area contributed by atoms with Gasteiger partial charge in [0.15, 0.2) is 0 Å². The van der Waals surface area contributed by atoms with Crippen molar-refractivity contribution in [2.75, 3.05) is 13.2 Å². The maximum absolute atomic E-state index is 5.63. The highest BCUT2D eigenvalue weighted by atomic mass is 16.5. The van der Waals surface area contributed by atoms with Crippen LogP contribution in [0.3, 0.4) is 0 Å². The van der Waals surface area contributed by atoms with Gasteiger partial charge in [-0.25, -0.2) is 4.98 Å². The summed E-state index contributed by atoms with van der Waals surface area (Å²) in [6, 6.07) is 0.492. The SMILES string of the molecule is Cc1ncc(CNC(C)C)n1CCOCC(C)C. The first-order chi connectivity index (χ1) is 8.50. The standard InChI is InChI=1S/C14H27N3O/c1-11(2)10-18-7-6-17-13(5)16-9-14(17)8-15-12(3)4/h9,11-12,15H,6-8,10H2,1-5H3. The molecule has 1 N–H and O–H groups in total. The van der Waals surface area contributed by atoms with Crippen molar-refractivity contribution >= 4 is 0 Å². The van der Waals surface area contributed by atoms with Gasteiger partial charge in [-0.2, -0.15) is 0 Å². The Morgan fingerprint density at radius 2 is 2.06 bits per heavy atom. The molecule has 0 aliphatic heterocycles. The lowest BCUT2D eigenvalue weighted by molar-refractivity contribution is 0.102. The van der Waals surface area contributed by atoms with Crippen LogP contribution in [0, 0.1) is 12.8 Å². The number of hydrogen-bond acceptors (Lipinski definition) is 3. The highest BCUT2D eigenvalue weighted by Gasteiger charge is 2.06. The van der Waals surface area contributed by atoms with Gasteiger partial charge in [0.1, 0.15) is 5.82 Å². The smallest absolute Gasteiger partial charge is 0.105 e. The van der Waals surface area contributed by atoms with E-state index in [0.717, 1.165) is 32.1 Å². The normalized spacial score (nSPS) is 11.7. The molecule has 0 aliphatic rings. The van der Waals surface area contributed by atoms with Gasteiger partial charge in [0, 0.05) is 31.9 Å². The molecule has 1 aromatic rings. The Morgan fingerprint density at radius 3 is 2.67 bits per heavy atom. The van der Waals surface area contributed by atoms with Gasteiger partial charge in [-0.05, 0) is 12.8 Å². The number of ether oxygens (including phenoxy) is 1. The van der Waals surface area contributed by atoms with E-state index in [-0.39, 0.29) is 0 Å². The summed E-state index contributed by atoms with van der Waals surface area (Å²) in [7, 11) is 0. The molecular formula is C14H27N3O. The summed E-state index contributed by atoms with van der Waals surface area (Å²) in [5, 5.41) is 3.42. The van der Waals surface area contributed by atoms with E-state index in [9.17, 15) is 0 Å². The third-order valence-corrected chi connectivity index (χ3v) is 2.74. The minimum absolute atomic E-state index is 0.492. The molecule has 0 fully saturated rings. The zero-order chi connectivity index (χ0) is 13.5. The second-order valence-electron chi connectivity index (χ2n) is 5.45. The van der Waals surface area contributed by atoms with Gasteiger partial charge >= 0.3 is 0 Å². The van der Waals surface area contributed by atoms with Gasteiger partial charge < -0.3 is 14.6 Å². The van der Waals surface area contributed by atoms with Crippen molar-refractivity contribution in [2.24, 2.45) is 5.92 Å².